The molecule has 1 saturated carbocycles. The van der Waals surface area contributed by atoms with Crippen molar-refractivity contribution in [2.75, 3.05) is 19.7 Å². The van der Waals surface area contributed by atoms with Crippen molar-refractivity contribution in [2.45, 2.75) is 56.7 Å². The summed E-state index contributed by atoms with van der Waals surface area (Å²) in [5.74, 6) is -6.20. The number of benzene rings is 1. The molecule has 1 aromatic carbocycles. The number of halogens is 5. The number of ketones is 1. The van der Waals surface area contributed by atoms with Gasteiger partial charge >= 0.3 is 6.36 Å². The van der Waals surface area contributed by atoms with E-state index in [2.05, 4.69) is 15.4 Å². The van der Waals surface area contributed by atoms with E-state index in [1.54, 1.807) is 0 Å². The minimum Gasteiger partial charge on any atom is -0.378 e. The maximum Gasteiger partial charge on any atom is 0.522 e. The van der Waals surface area contributed by atoms with Gasteiger partial charge in [-0.25, -0.2) is 8.78 Å². The van der Waals surface area contributed by atoms with Gasteiger partial charge in [0, 0.05) is 30.6 Å². The average Bonchev–Trinajstić information content (AvgIpc) is 3.30. The zero-order valence-electron chi connectivity index (χ0n) is 20.0. The fraction of sp³-hybridized carbons (Fsp3) is 0.583. The van der Waals surface area contributed by atoms with E-state index >= 15 is 0 Å². The lowest BCUT2D eigenvalue weighted by molar-refractivity contribution is -0.321. The van der Waals surface area contributed by atoms with Crippen LogP contribution in [-0.4, -0.2) is 71.7 Å². The SMILES string of the molecule is O=C1NCC[C@H]1C[C@H](NC(=O)[C@@H]1CC2(CC2)CN1C(=O)C(O)c1ccc(F)cc1F)C(=O)COC(F)(F)F. The van der Waals surface area contributed by atoms with E-state index in [-0.39, 0.29) is 19.4 Å². The number of alkyl halides is 3. The number of Topliss-reactive ketones (excluding diaryl/α,β-unsaturated/α-hetero) is 1. The van der Waals surface area contributed by atoms with Crippen LogP contribution in [0.3, 0.4) is 0 Å². The Morgan fingerprint density at radius 3 is 2.53 bits per heavy atom. The van der Waals surface area contributed by atoms with Gasteiger partial charge in [-0.1, -0.05) is 6.07 Å². The number of carbonyl (C=O) groups is 4. The zero-order valence-corrected chi connectivity index (χ0v) is 20.0. The van der Waals surface area contributed by atoms with Gasteiger partial charge in [-0.2, -0.15) is 0 Å². The first kappa shape index (κ1) is 27.9. The Morgan fingerprint density at radius 2 is 1.95 bits per heavy atom. The van der Waals surface area contributed by atoms with Crippen molar-refractivity contribution >= 4 is 23.5 Å². The van der Waals surface area contributed by atoms with Crippen molar-refractivity contribution in [3.05, 3.63) is 35.4 Å². The maximum atomic E-state index is 14.2. The first-order chi connectivity index (χ1) is 17.8. The second-order valence-corrected chi connectivity index (χ2v) is 10.0. The van der Waals surface area contributed by atoms with Crippen LogP contribution in [0.5, 0.6) is 0 Å². The second kappa shape index (κ2) is 10.6. The van der Waals surface area contributed by atoms with Gasteiger partial charge in [0.15, 0.2) is 11.9 Å². The number of aliphatic hydroxyl groups excluding tert-OH is 1. The molecule has 1 aromatic rings. The molecule has 4 atom stereocenters. The van der Waals surface area contributed by atoms with Crippen LogP contribution in [0, 0.1) is 23.0 Å². The lowest BCUT2D eigenvalue weighted by Crippen LogP contribution is -2.53. The summed E-state index contributed by atoms with van der Waals surface area (Å²) in [6.07, 6.45) is -5.59. The number of likely N-dealkylation sites (tertiary alicyclic amines) is 1. The number of ether oxygens (including phenoxy) is 1. The van der Waals surface area contributed by atoms with Crippen molar-refractivity contribution < 1.29 is 51.0 Å². The van der Waals surface area contributed by atoms with Gasteiger partial charge in [0.2, 0.25) is 11.8 Å². The molecule has 14 heteroatoms. The molecule has 2 heterocycles. The van der Waals surface area contributed by atoms with Crippen LogP contribution in [0.1, 0.15) is 43.8 Å². The van der Waals surface area contributed by atoms with Crippen molar-refractivity contribution in [3.63, 3.8) is 0 Å². The standard InChI is InChI=1S/C24H26F5N3O6/c25-13-1-2-14(15(26)8-13)19(34)22(37)32-11-23(4-5-23)9-17(32)21(36)31-16(7-12-3-6-30-20(12)35)18(33)10-38-24(27,28)29/h1-2,8,12,16-17,19,34H,3-7,9-11H2,(H,30,35)(H,31,36)/t12-,16-,17-,19?/m0/s1. The fourth-order valence-corrected chi connectivity index (χ4v) is 5.02. The van der Waals surface area contributed by atoms with Crippen LogP contribution in [0.4, 0.5) is 22.0 Å². The minimum absolute atomic E-state index is 0.0601. The maximum absolute atomic E-state index is 14.2. The first-order valence-corrected chi connectivity index (χ1v) is 12.0. The predicted octanol–water partition coefficient (Wildman–Crippen LogP) is 1.50. The smallest absolute Gasteiger partial charge is 0.378 e. The highest BCUT2D eigenvalue weighted by Gasteiger charge is 2.56. The summed E-state index contributed by atoms with van der Waals surface area (Å²) in [5.41, 5.74) is -0.903. The molecule has 2 saturated heterocycles. The second-order valence-electron chi connectivity index (χ2n) is 10.0. The highest BCUT2D eigenvalue weighted by atomic mass is 19.4. The van der Waals surface area contributed by atoms with Crippen LogP contribution >= 0.6 is 0 Å². The van der Waals surface area contributed by atoms with Crippen LogP contribution < -0.4 is 10.6 Å². The molecule has 38 heavy (non-hydrogen) atoms. The average molecular weight is 547 g/mol. The molecule has 1 aliphatic carbocycles. The van der Waals surface area contributed by atoms with Gasteiger partial charge in [-0.3, -0.25) is 23.9 Å². The third-order valence-electron chi connectivity index (χ3n) is 7.31. The highest BCUT2D eigenvalue weighted by Crippen LogP contribution is 2.55. The van der Waals surface area contributed by atoms with E-state index in [1.165, 1.54) is 0 Å². The van der Waals surface area contributed by atoms with Gasteiger partial charge in [0.25, 0.3) is 5.91 Å². The number of hydrogen-bond donors (Lipinski definition) is 3. The summed E-state index contributed by atoms with van der Waals surface area (Å²) >= 11 is 0. The molecular formula is C24H26F5N3O6. The lowest BCUT2D eigenvalue weighted by atomic mass is 9.95. The largest absolute Gasteiger partial charge is 0.522 e. The van der Waals surface area contributed by atoms with E-state index in [4.69, 9.17) is 0 Å². The van der Waals surface area contributed by atoms with E-state index in [1.807, 2.05) is 0 Å². The zero-order chi connectivity index (χ0) is 27.8. The highest BCUT2D eigenvalue weighted by molar-refractivity contribution is 5.95. The number of rotatable bonds is 9. The molecule has 3 aliphatic rings. The van der Waals surface area contributed by atoms with Gasteiger partial charge in [0.05, 0.1) is 6.04 Å². The molecule has 0 bridgehead atoms. The molecule has 2 aliphatic heterocycles. The molecule has 1 spiro atoms. The number of hydrogen-bond acceptors (Lipinski definition) is 6. The normalized spacial score (nSPS) is 23.7. The van der Waals surface area contributed by atoms with Gasteiger partial charge in [-0.15, -0.1) is 13.2 Å². The topological polar surface area (TPSA) is 125 Å². The number of carbonyl (C=O) groups excluding carboxylic acids is 4. The summed E-state index contributed by atoms with van der Waals surface area (Å²) in [4.78, 5) is 52.1. The Bertz CT molecular complexity index is 1130. The monoisotopic (exact) mass is 547 g/mol. The Hall–Kier alpha value is -3.13. The van der Waals surface area contributed by atoms with E-state index in [0.29, 0.717) is 31.9 Å². The molecule has 1 unspecified atom stereocenters. The molecule has 4 rings (SSSR count). The van der Waals surface area contributed by atoms with Crippen LogP contribution in [0.25, 0.3) is 0 Å². The van der Waals surface area contributed by atoms with Crippen molar-refractivity contribution in [2.24, 2.45) is 11.3 Å². The van der Waals surface area contributed by atoms with Crippen molar-refractivity contribution in [3.8, 4) is 0 Å². The molecular weight excluding hydrogens is 521 g/mol. The first-order valence-electron chi connectivity index (χ1n) is 12.0. The molecule has 3 N–H and O–H groups in total. The summed E-state index contributed by atoms with van der Waals surface area (Å²) in [6, 6.07) is -0.442. The Morgan fingerprint density at radius 1 is 1.24 bits per heavy atom. The van der Waals surface area contributed by atoms with Crippen LogP contribution in [0.15, 0.2) is 18.2 Å². The Kier molecular flexibility index (Phi) is 7.75. The van der Waals surface area contributed by atoms with Crippen LogP contribution in [-0.2, 0) is 23.9 Å². The van der Waals surface area contributed by atoms with Gasteiger partial charge < -0.3 is 20.6 Å². The van der Waals surface area contributed by atoms with Crippen LogP contribution in [0.2, 0.25) is 0 Å². The molecule has 9 nitrogen and oxygen atoms in total. The Labute approximate surface area is 213 Å². The number of amides is 3. The molecule has 0 aromatic heterocycles. The van der Waals surface area contributed by atoms with Crippen molar-refractivity contribution in [1.29, 1.82) is 0 Å². The predicted molar refractivity (Wildman–Crippen MR) is 118 cm³/mol. The number of aliphatic hydroxyl groups is 1. The number of nitrogens with one attached hydrogen (secondary N) is 2. The van der Waals surface area contributed by atoms with E-state index < -0.39 is 83.2 Å². The molecule has 208 valence electrons. The molecule has 0 radical (unpaired) electrons. The summed E-state index contributed by atoms with van der Waals surface area (Å²) < 4.78 is 68.6. The van der Waals surface area contributed by atoms with E-state index in [9.17, 15) is 46.2 Å². The van der Waals surface area contributed by atoms with Crippen molar-refractivity contribution in [1.82, 2.24) is 15.5 Å². The van der Waals surface area contributed by atoms with E-state index in [0.717, 1.165) is 17.0 Å². The summed E-state index contributed by atoms with van der Waals surface area (Å²) in [5, 5.41) is 15.5. The number of nitrogens with zero attached hydrogens (tertiary/aromatic N) is 1. The third-order valence-corrected chi connectivity index (χ3v) is 7.31. The quantitative estimate of drug-likeness (QED) is 0.403. The molecule has 3 amide bonds. The summed E-state index contributed by atoms with van der Waals surface area (Å²) in [6.45, 7) is -1.02. The third kappa shape index (κ3) is 6.29. The minimum atomic E-state index is -5.09. The summed E-state index contributed by atoms with van der Waals surface area (Å²) in [7, 11) is 0. The molecule has 3 fully saturated rings. The van der Waals surface area contributed by atoms with Gasteiger partial charge in [-0.05, 0) is 43.6 Å². The van der Waals surface area contributed by atoms with Gasteiger partial charge in [0.1, 0.15) is 24.3 Å². The lowest BCUT2D eigenvalue weighted by Gasteiger charge is -2.28. The fourth-order valence-electron chi connectivity index (χ4n) is 5.02. The Balaban J connectivity index is 1.51.